The Hall–Kier alpha value is -1.54. The first-order valence-electron chi connectivity index (χ1n) is 4.93. The fourth-order valence-corrected chi connectivity index (χ4v) is 2.47. The highest BCUT2D eigenvalue weighted by molar-refractivity contribution is 8.13. The van der Waals surface area contributed by atoms with Gasteiger partial charge in [0.15, 0.2) is 11.6 Å². The number of aromatic nitrogens is 4. The fraction of sp³-hybridized carbons (Fsp3) is 0.222. The molecule has 0 N–H and O–H groups in total. The molecule has 0 radical (unpaired) electrons. The lowest BCUT2D eigenvalue weighted by Gasteiger charge is -2.05. The first kappa shape index (κ1) is 12.9. The molecule has 9 heteroatoms. The number of halogens is 2. The standard InChI is InChI=1S/C9H8ClFN4O2S/c1-2-15-8(6-3-4-12-5-7(6)11)13-14-9(15)18(10,16)17/h3-5H,2H2,1H3. The second kappa shape index (κ2) is 4.62. The Bertz CT molecular complexity index is 686. The van der Waals surface area contributed by atoms with E-state index in [0.29, 0.717) is 0 Å². The van der Waals surface area contributed by atoms with E-state index in [9.17, 15) is 12.8 Å². The SMILES string of the molecule is CCn1c(-c2ccncc2F)nnc1S(=O)(=O)Cl. The molecule has 2 aromatic heterocycles. The highest BCUT2D eigenvalue weighted by atomic mass is 35.7. The highest BCUT2D eigenvalue weighted by Gasteiger charge is 2.23. The lowest BCUT2D eigenvalue weighted by Crippen LogP contribution is -2.06. The summed E-state index contributed by atoms with van der Waals surface area (Å²) in [6.45, 7) is 1.92. The van der Waals surface area contributed by atoms with Crippen molar-refractivity contribution < 1.29 is 12.8 Å². The third kappa shape index (κ3) is 2.21. The van der Waals surface area contributed by atoms with E-state index in [1.165, 1.54) is 16.8 Å². The Labute approximate surface area is 107 Å². The minimum absolute atomic E-state index is 0.0941. The van der Waals surface area contributed by atoms with Crippen molar-refractivity contribution in [3.63, 3.8) is 0 Å². The molecule has 0 saturated carbocycles. The third-order valence-corrected chi connectivity index (χ3v) is 3.42. The molecule has 0 aliphatic carbocycles. The molecule has 2 rings (SSSR count). The lowest BCUT2D eigenvalue weighted by atomic mass is 10.2. The molecule has 0 unspecified atom stereocenters. The predicted octanol–water partition coefficient (Wildman–Crippen LogP) is 1.43. The summed E-state index contributed by atoms with van der Waals surface area (Å²) in [6.07, 6.45) is 2.39. The van der Waals surface area contributed by atoms with Crippen molar-refractivity contribution in [2.24, 2.45) is 0 Å². The maximum absolute atomic E-state index is 13.6. The van der Waals surface area contributed by atoms with Crippen molar-refractivity contribution in [1.29, 1.82) is 0 Å². The van der Waals surface area contributed by atoms with Crippen LogP contribution in [0.4, 0.5) is 4.39 Å². The molecule has 0 bridgehead atoms. The van der Waals surface area contributed by atoms with E-state index in [2.05, 4.69) is 15.2 Å². The van der Waals surface area contributed by atoms with E-state index in [1.54, 1.807) is 6.92 Å². The Morgan fingerprint density at radius 3 is 2.72 bits per heavy atom. The molecule has 0 amide bonds. The van der Waals surface area contributed by atoms with E-state index < -0.39 is 20.0 Å². The van der Waals surface area contributed by atoms with Crippen LogP contribution in [-0.4, -0.2) is 28.2 Å². The van der Waals surface area contributed by atoms with E-state index in [0.717, 1.165) is 6.20 Å². The van der Waals surface area contributed by atoms with Crippen LogP contribution >= 0.6 is 10.7 Å². The minimum atomic E-state index is -4.02. The summed E-state index contributed by atoms with van der Waals surface area (Å²) >= 11 is 0. The Kier molecular flexibility index (Phi) is 3.31. The van der Waals surface area contributed by atoms with E-state index in [1.807, 2.05) is 0 Å². The van der Waals surface area contributed by atoms with Gasteiger partial charge in [-0.15, -0.1) is 10.2 Å². The number of pyridine rings is 1. The summed E-state index contributed by atoms with van der Waals surface area (Å²) < 4.78 is 37.4. The molecule has 18 heavy (non-hydrogen) atoms. The van der Waals surface area contributed by atoms with Gasteiger partial charge < -0.3 is 0 Å². The average Bonchev–Trinajstić information content (AvgIpc) is 2.72. The third-order valence-electron chi connectivity index (χ3n) is 2.26. The van der Waals surface area contributed by atoms with Gasteiger partial charge in [0.25, 0.3) is 14.2 Å². The summed E-state index contributed by atoms with van der Waals surface area (Å²) in [6, 6.07) is 1.39. The van der Waals surface area contributed by atoms with Crippen molar-refractivity contribution in [2.75, 3.05) is 0 Å². The summed E-state index contributed by atoms with van der Waals surface area (Å²) in [5, 5.41) is 6.74. The van der Waals surface area contributed by atoms with Crippen molar-refractivity contribution in [3.05, 3.63) is 24.3 Å². The second-order valence-electron chi connectivity index (χ2n) is 3.34. The molecular weight excluding hydrogens is 283 g/mol. The minimum Gasteiger partial charge on any atom is -0.297 e. The van der Waals surface area contributed by atoms with Gasteiger partial charge >= 0.3 is 0 Å². The van der Waals surface area contributed by atoms with Crippen molar-refractivity contribution in [3.8, 4) is 11.4 Å². The molecule has 2 aromatic rings. The molecule has 0 aliphatic heterocycles. The zero-order valence-electron chi connectivity index (χ0n) is 9.21. The first-order chi connectivity index (χ1) is 8.45. The van der Waals surface area contributed by atoms with Gasteiger partial charge in [-0.2, -0.15) is 0 Å². The summed E-state index contributed by atoms with van der Waals surface area (Å²) in [4.78, 5) is 3.60. The lowest BCUT2D eigenvalue weighted by molar-refractivity contribution is 0.581. The molecule has 0 aromatic carbocycles. The molecule has 0 atom stereocenters. The topological polar surface area (TPSA) is 77.7 Å². The molecular formula is C9H8ClFN4O2S. The predicted molar refractivity (Wildman–Crippen MR) is 61.9 cm³/mol. The van der Waals surface area contributed by atoms with Crippen LogP contribution < -0.4 is 0 Å². The van der Waals surface area contributed by atoms with Crippen LogP contribution in [0.25, 0.3) is 11.4 Å². The van der Waals surface area contributed by atoms with Gasteiger partial charge in [0, 0.05) is 23.4 Å². The molecule has 0 aliphatic rings. The zero-order valence-corrected chi connectivity index (χ0v) is 10.8. The van der Waals surface area contributed by atoms with Crippen LogP contribution in [0.3, 0.4) is 0 Å². The summed E-state index contributed by atoms with van der Waals surface area (Å²) in [7, 11) is 1.20. The largest absolute Gasteiger partial charge is 0.297 e. The van der Waals surface area contributed by atoms with Gasteiger partial charge in [0.05, 0.1) is 11.8 Å². The van der Waals surface area contributed by atoms with Gasteiger partial charge in [-0.3, -0.25) is 9.55 Å². The number of hydrogen-bond donors (Lipinski definition) is 0. The van der Waals surface area contributed by atoms with Crippen LogP contribution in [0, 0.1) is 5.82 Å². The first-order valence-corrected chi connectivity index (χ1v) is 7.23. The number of hydrogen-bond acceptors (Lipinski definition) is 5. The van der Waals surface area contributed by atoms with E-state index in [4.69, 9.17) is 10.7 Å². The number of rotatable bonds is 3. The fourth-order valence-electron chi connectivity index (χ4n) is 1.51. The highest BCUT2D eigenvalue weighted by Crippen LogP contribution is 2.23. The Balaban J connectivity index is 2.68. The van der Waals surface area contributed by atoms with E-state index >= 15 is 0 Å². The van der Waals surface area contributed by atoms with Crippen LogP contribution in [0.15, 0.2) is 23.6 Å². The maximum atomic E-state index is 13.6. The van der Waals surface area contributed by atoms with Crippen LogP contribution in [-0.2, 0) is 15.6 Å². The molecule has 6 nitrogen and oxygen atoms in total. The van der Waals surface area contributed by atoms with Crippen molar-refractivity contribution >= 4 is 19.7 Å². The van der Waals surface area contributed by atoms with Gasteiger partial charge in [-0.05, 0) is 13.0 Å². The Morgan fingerprint density at radius 1 is 1.44 bits per heavy atom. The van der Waals surface area contributed by atoms with Crippen molar-refractivity contribution in [1.82, 2.24) is 19.7 Å². The smallest absolute Gasteiger partial charge is 0.296 e. The van der Waals surface area contributed by atoms with Gasteiger partial charge in [-0.25, -0.2) is 12.8 Å². The molecule has 0 fully saturated rings. The quantitative estimate of drug-likeness (QED) is 0.799. The zero-order chi connectivity index (χ0) is 13.3. The molecule has 96 valence electrons. The van der Waals surface area contributed by atoms with Crippen LogP contribution in [0.1, 0.15) is 6.92 Å². The number of nitrogens with zero attached hydrogens (tertiary/aromatic N) is 4. The van der Waals surface area contributed by atoms with Crippen molar-refractivity contribution in [2.45, 2.75) is 18.6 Å². The molecule has 0 saturated heterocycles. The van der Waals surface area contributed by atoms with E-state index in [-0.39, 0.29) is 17.9 Å². The van der Waals surface area contributed by atoms with Gasteiger partial charge in [0.2, 0.25) is 0 Å². The Morgan fingerprint density at radius 2 is 2.17 bits per heavy atom. The van der Waals surface area contributed by atoms with Crippen LogP contribution in [0.5, 0.6) is 0 Å². The molecule has 2 heterocycles. The maximum Gasteiger partial charge on any atom is 0.296 e. The normalized spacial score (nSPS) is 11.7. The second-order valence-corrected chi connectivity index (χ2v) is 5.80. The molecule has 0 spiro atoms. The van der Waals surface area contributed by atoms with Gasteiger partial charge in [-0.1, -0.05) is 0 Å². The summed E-state index contributed by atoms with van der Waals surface area (Å²) in [5.41, 5.74) is 0.117. The summed E-state index contributed by atoms with van der Waals surface area (Å²) in [5.74, 6) is -0.519. The average molecular weight is 291 g/mol. The monoisotopic (exact) mass is 290 g/mol. The van der Waals surface area contributed by atoms with Crippen LogP contribution in [0.2, 0.25) is 0 Å². The van der Waals surface area contributed by atoms with Gasteiger partial charge in [0.1, 0.15) is 0 Å².